The van der Waals surface area contributed by atoms with Crippen LogP contribution in [0.1, 0.15) is 16.8 Å². The van der Waals surface area contributed by atoms with Gasteiger partial charge in [0.05, 0.1) is 0 Å². The Morgan fingerprint density at radius 2 is 1.65 bits per heavy atom. The van der Waals surface area contributed by atoms with Crippen LogP contribution in [0, 0.1) is 20.8 Å². The summed E-state index contributed by atoms with van der Waals surface area (Å²) in [7, 11) is -1.87. The molecule has 0 bridgehead atoms. The van der Waals surface area contributed by atoms with Gasteiger partial charge in [-0.2, -0.15) is 0 Å². The highest BCUT2D eigenvalue weighted by atomic mass is 32.2. The van der Waals surface area contributed by atoms with Crippen molar-refractivity contribution in [1.82, 2.24) is 0 Å². The molecule has 0 N–H and O–H groups in total. The van der Waals surface area contributed by atoms with Crippen molar-refractivity contribution in [3.05, 3.63) is 58.1 Å². The fraction of sp³-hybridized carbons (Fsp3) is 0.267. The van der Waals surface area contributed by atoms with Crippen LogP contribution in [0.3, 0.4) is 0 Å². The van der Waals surface area contributed by atoms with E-state index in [4.69, 9.17) is 0 Å². The standard InChI is InChI=1S/C15H18N2O2S/c1-11-5-7-14(8-6-11)16-20(18,19)15-10-17(4)13(3)9-12(15)2/h5-10H,1-4H3. The Bertz CT molecular complexity index is 735. The number of nitrogens with zero attached hydrogens (tertiary/aromatic N) is 2. The molecule has 0 saturated carbocycles. The highest BCUT2D eigenvalue weighted by molar-refractivity contribution is 7.94. The van der Waals surface area contributed by atoms with Crippen LogP contribution in [0.25, 0.3) is 4.72 Å². The van der Waals surface area contributed by atoms with Gasteiger partial charge in [-0.15, -0.1) is 5.69 Å². The largest absolute Gasteiger partial charge is 0.573 e. The predicted octanol–water partition coefficient (Wildman–Crippen LogP) is 2.83. The summed E-state index contributed by atoms with van der Waals surface area (Å²) in [5.41, 5.74) is 3.21. The molecule has 106 valence electrons. The van der Waals surface area contributed by atoms with Gasteiger partial charge < -0.3 is 4.72 Å². The van der Waals surface area contributed by atoms with Crippen molar-refractivity contribution < 1.29 is 13.0 Å². The molecule has 0 atom stereocenters. The van der Waals surface area contributed by atoms with Crippen molar-refractivity contribution in [3.8, 4) is 0 Å². The number of benzene rings is 1. The Morgan fingerprint density at radius 1 is 1.05 bits per heavy atom. The molecule has 0 aliphatic heterocycles. The van der Waals surface area contributed by atoms with Gasteiger partial charge in [0.2, 0.25) is 0 Å². The lowest BCUT2D eigenvalue weighted by Gasteiger charge is -2.22. The number of sulfonamides is 1. The van der Waals surface area contributed by atoms with E-state index in [1.807, 2.05) is 39.1 Å². The first-order valence-electron chi connectivity index (χ1n) is 6.31. The van der Waals surface area contributed by atoms with Crippen molar-refractivity contribution in [2.24, 2.45) is 7.05 Å². The summed E-state index contributed by atoms with van der Waals surface area (Å²) in [4.78, 5) is 0.242. The molecule has 0 saturated heterocycles. The van der Waals surface area contributed by atoms with Gasteiger partial charge in [-0.3, -0.25) is 0 Å². The summed E-state index contributed by atoms with van der Waals surface area (Å²) in [6.07, 6.45) is 1.61. The lowest BCUT2D eigenvalue weighted by molar-refractivity contribution is -0.679. The first-order valence-corrected chi connectivity index (χ1v) is 7.75. The van der Waals surface area contributed by atoms with Crippen LogP contribution in [0.4, 0.5) is 5.69 Å². The number of aryl methyl sites for hydroxylation is 4. The van der Waals surface area contributed by atoms with Gasteiger partial charge in [0.1, 0.15) is 22.0 Å². The topological polar surface area (TPSA) is 52.1 Å². The van der Waals surface area contributed by atoms with Crippen molar-refractivity contribution in [3.63, 3.8) is 0 Å². The van der Waals surface area contributed by atoms with Gasteiger partial charge >= 0.3 is 0 Å². The summed E-state index contributed by atoms with van der Waals surface area (Å²) in [6, 6.07) is 8.94. The lowest BCUT2D eigenvalue weighted by Crippen LogP contribution is -2.32. The van der Waals surface area contributed by atoms with Crippen LogP contribution in [0.2, 0.25) is 0 Å². The number of pyridine rings is 1. The van der Waals surface area contributed by atoms with Gasteiger partial charge in [-0.1, -0.05) is 29.8 Å². The summed E-state index contributed by atoms with van der Waals surface area (Å²) in [6.45, 7) is 5.66. The van der Waals surface area contributed by atoms with Crippen molar-refractivity contribution >= 4 is 15.7 Å². The first-order chi connectivity index (χ1) is 9.29. The molecular weight excluding hydrogens is 272 g/mol. The Kier molecular flexibility index (Phi) is 3.81. The van der Waals surface area contributed by atoms with Crippen LogP contribution >= 0.6 is 0 Å². The molecule has 2 rings (SSSR count). The van der Waals surface area contributed by atoms with Crippen LogP contribution < -0.4 is 4.57 Å². The minimum Gasteiger partial charge on any atom is -0.573 e. The number of rotatable bonds is 3. The van der Waals surface area contributed by atoms with E-state index in [0.29, 0.717) is 11.3 Å². The normalized spacial score (nSPS) is 11.4. The molecule has 4 nitrogen and oxygen atoms in total. The summed E-state index contributed by atoms with van der Waals surface area (Å²) >= 11 is 0. The number of hydrogen-bond acceptors (Lipinski definition) is 2. The van der Waals surface area contributed by atoms with Crippen LogP contribution in [0.15, 0.2) is 41.4 Å². The third-order valence-corrected chi connectivity index (χ3v) is 4.65. The molecule has 0 spiro atoms. The Labute approximate surface area is 120 Å². The third-order valence-electron chi connectivity index (χ3n) is 3.22. The number of aromatic nitrogens is 1. The van der Waals surface area contributed by atoms with Crippen LogP contribution in [-0.2, 0) is 17.1 Å². The zero-order valence-corrected chi connectivity index (χ0v) is 12.9. The van der Waals surface area contributed by atoms with Gasteiger partial charge in [-0.25, -0.2) is 13.0 Å². The van der Waals surface area contributed by atoms with Crippen LogP contribution in [-0.4, -0.2) is 8.42 Å². The highest BCUT2D eigenvalue weighted by Crippen LogP contribution is 2.28. The SMILES string of the molecule is Cc1ccc([N-]S(=O)(=O)c2c[n+](C)c(C)cc2C)cc1. The van der Waals surface area contributed by atoms with Crippen molar-refractivity contribution in [2.45, 2.75) is 25.7 Å². The molecule has 1 aromatic carbocycles. The minimum absolute atomic E-state index is 0.242. The monoisotopic (exact) mass is 290 g/mol. The minimum atomic E-state index is -3.69. The first kappa shape index (κ1) is 14.5. The van der Waals surface area contributed by atoms with Gasteiger partial charge in [0, 0.05) is 13.0 Å². The van der Waals surface area contributed by atoms with Crippen molar-refractivity contribution in [2.75, 3.05) is 0 Å². The molecule has 5 heteroatoms. The van der Waals surface area contributed by atoms with E-state index in [9.17, 15) is 8.42 Å². The van der Waals surface area contributed by atoms with E-state index in [0.717, 1.165) is 11.3 Å². The van der Waals surface area contributed by atoms with E-state index < -0.39 is 10.0 Å². The lowest BCUT2D eigenvalue weighted by atomic mass is 10.2. The molecule has 0 fully saturated rings. The van der Waals surface area contributed by atoms with Crippen LogP contribution in [0.5, 0.6) is 0 Å². The zero-order valence-electron chi connectivity index (χ0n) is 12.1. The molecular formula is C15H18N2O2S. The molecule has 1 aromatic heterocycles. The maximum atomic E-state index is 12.4. The molecule has 20 heavy (non-hydrogen) atoms. The fourth-order valence-electron chi connectivity index (χ4n) is 1.93. The molecule has 2 aromatic rings. The molecule has 0 amide bonds. The molecule has 0 aliphatic rings. The second kappa shape index (κ2) is 5.25. The quantitative estimate of drug-likeness (QED) is 0.816. The Balaban J connectivity index is 2.40. The number of hydrogen-bond donors (Lipinski definition) is 0. The zero-order chi connectivity index (χ0) is 14.9. The summed E-state index contributed by atoms with van der Waals surface area (Å²) < 4.78 is 30.5. The second-order valence-electron chi connectivity index (χ2n) is 4.97. The van der Waals surface area contributed by atoms with Crippen molar-refractivity contribution in [1.29, 1.82) is 0 Å². The maximum Gasteiger partial charge on any atom is 0.186 e. The van der Waals surface area contributed by atoms with E-state index in [2.05, 4.69) is 4.72 Å². The smallest absolute Gasteiger partial charge is 0.186 e. The average molecular weight is 290 g/mol. The van der Waals surface area contributed by atoms with E-state index in [-0.39, 0.29) is 4.90 Å². The third kappa shape index (κ3) is 2.99. The molecule has 0 radical (unpaired) electrons. The van der Waals surface area contributed by atoms with E-state index in [1.165, 1.54) is 0 Å². The Hall–Kier alpha value is -1.88. The van der Waals surface area contributed by atoms with E-state index >= 15 is 0 Å². The summed E-state index contributed by atoms with van der Waals surface area (Å²) in [5, 5.41) is 0. The van der Waals surface area contributed by atoms with Gasteiger partial charge in [0.25, 0.3) is 0 Å². The predicted molar refractivity (Wildman–Crippen MR) is 78.5 cm³/mol. The second-order valence-corrected chi connectivity index (χ2v) is 6.55. The molecule has 0 unspecified atom stereocenters. The van der Waals surface area contributed by atoms with E-state index in [1.54, 1.807) is 29.8 Å². The molecule has 0 aliphatic carbocycles. The van der Waals surface area contributed by atoms with Gasteiger partial charge in [-0.05, 0) is 19.4 Å². The summed E-state index contributed by atoms with van der Waals surface area (Å²) in [5.74, 6) is 0. The molecule has 1 heterocycles. The highest BCUT2D eigenvalue weighted by Gasteiger charge is 2.15. The van der Waals surface area contributed by atoms with Gasteiger partial charge in [0.15, 0.2) is 11.9 Å². The Morgan fingerprint density at radius 3 is 2.25 bits per heavy atom. The average Bonchev–Trinajstić information content (AvgIpc) is 2.36. The fourth-order valence-corrected chi connectivity index (χ4v) is 3.18. The maximum absolute atomic E-state index is 12.4.